The fraction of sp³-hybridized carbons (Fsp3) is 0.125. The number of hydrogen-bond acceptors (Lipinski definition) is 6. The number of rotatable bonds is 2. The Morgan fingerprint density at radius 2 is 2.17 bits per heavy atom. The van der Waals surface area contributed by atoms with Crippen LogP contribution in [0.4, 0.5) is 16.8 Å². The first kappa shape index (κ1) is 15.0. The van der Waals surface area contributed by atoms with Crippen LogP contribution in [0.1, 0.15) is 10.4 Å². The van der Waals surface area contributed by atoms with Gasteiger partial charge >= 0.3 is 0 Å². The fourth-order valence-electron chi connectivity index (χ4n) is 2.53. The molecule has 3 aromatic rings. The van der Waals surface area contributed by atoms with Crippen LogP contribution < -0.4 is 10.6 Å². The quantitative estimate of drug-likeness (QED) is 0.729. The minimum absolute atomic E-state index is 0.114. The van der Waals surface area contributed by atoms with Gasteiger partial charge in [0.1, 0.15) is 0 Å². The normalized spacial score (nSPS) is 12.8. The predicted octanol–water partition coefficient (Wildman–Crippen LogP) is 3.80. The molecule has 2 N–H and O–H groups in total. The summed E-state index contributed by atoms with van der Waals surface area (Å²) in [5, 5.41) is 7.25. The first-order valence-electron chi connectivity index (χ1n) is 7.23. The van der Waals surface area contributed by atoms with Crippen LogP contribution in [-0.4, -0.2) is 20.9 Å². The Balaban J connectivity index is 1.80. The van der Waals surface area contributed by atoms with Gasteiger partial charge in [-0.05, 0) is 25.1 Å². The van der Waals surface area contributed by atoms with Gasteiger partial charge < -0.3 is 10.6 Å². The lowest BCUT2D eigenvalue weighted by molar-refractivity contribution is -0.115. The Bertz CT molecular complexity index is 955. The lowest BCUT2D eigenvalue weighted by Crippen LogP contribution is -2.12. The van der Waals surface area contributed by atoms with Gasteiger partial charge in [-0.25, -0.2) is 15.0 Å². The van der Waals surface area contributed by atoms with Gasteiger partial charge in [-0.3, -0.25) is 4.79 Å². The summed E-state index contributed by atoms with van der Waals surface area (Å²) >= 11 is 7.57. The van der Waals surface area contributed by atoms with E-state index in [4.69, 9.17) is 11.6 Å². The zero-order chi connectivity index (χ0) is 16.7. The van der Waals surface area contributed by atoms with E-state index in [0.29, 0.717) is 22.4 Å². The van der Waals surface area contributed by atoms with Crippen LogP contribution in [0.2, 0.25) is 5.02 Å². The first-order valence-corrected chi connectivity index (χ1v) is 8.43. The third-order valence-corrected chi connectivity index (χ3v) is 4.63. The number of amides is 1. The van der Waals surface area contributed by atoms with Crippen LogP contribution in [0.5, 0.6) is 0 Å². The Kier molecular flexibility index (Phi) is 3.66. The molecule has 0 radical (unpaired) electrons. The highest BCUT2D eigenvalue weighted by Crippen LogP contribution is 2.35. The summed E-state index contributed by atoms with van der Waals surface area (Å²) < 4.78 is 0. The summed E-state index contributed by atoms with van der Waals surface area (Å²) in [6, 6.07) is 5.36. The van der Waals surface area contributed by atoms with Crippen molar-refractivity contribution in [3.63, 3.8) is 0 Å². The van der Waals surface area contributed by atoms with Crippen LogP contribution >= 0.6 is 22.9 Å². The number of hydrogen-bond donors (Lipinski definition) is 2. The average Bonchev–Trinajstić information content (AvgIpc) is 2.88. The number of thiazole rings is 1. The topological polar surface area (TPSA) is 79.8 Å². The average molecular weight is 358 g/mol. The fourth-order valence-corrected chi connectivity index (χ4v) is 3.36. The molecule has 0 atom stereocenters. The van der Waals surface area contributed by atoms with Gasteiger partial charge in [0.25, 0.3) is 0 Å². The highest BCUT2D eigenvalue weighted by Gasteiger charge is 2.21. The second-order valence-corrected chi connectivity index (χ2v) is 7.05. The third-order valence-electron chi connectivity index (χ3n) is 3.57. The van der Waals surface area contributed by atoms with Crippen molar-refractivity contribution >= 4 is 45.6 Å². The van der Waals surface area contributed by atoms with E-state index in [9.17, 15) is 4.79 Å². The van der Waals surface area contributed by atoms with E-state index in [2.05, 4.69) is 25.6 Å². The van der Waals surface area contributed by atoms with Gasteiger partial charge in [0.2, 0.25) is 11.9 Å². The molecule has 1 aromatic carbocycles. The van der Waals surface area contributed by atoms with Gasteiger partial charge in [-0.15, -0.1) is 11.3 Å². The van der Waals surface area contributed by atoms with Crippen molar-refractivity contribution in [2.24, 2.45) is 0 Å². The van der Waals surface area contributed by atoms with Crippen molar-refractivity contribution in [2.75, 3.05) is 10.6 Å². The van der Waals surface area contributed by atoms with Crippen molar-refractivity contribution < 1.29 is 4.79 Å². The summed E-state index contributed by atoms with van der Waals surface area (Å²) in [6.07, 6.45) is 3.68. The highest BCUT2D eigenvalue weighted by atomic mass is 35.5. The van der Waals surface area contributed by atoms with Crippen molar-refractivity contribution in [1.29, 1.82) is 0 Å². The van der Waals surface area contributed by atoms with Crippen LogP contribution in [0.3, 0.4) is 0 Å². The highest BCUT2D eigenvalue weighted by molar-refractivity contribution is 7.15. The van der Waals surface area contributed by atoms with E-state index >= 15 is 0 Å². The molecular weight excluding hydrogens is 346 g/mol. The summed E-state index contributed by atoms with van der Waals surface area (Å²) in [4.78, 5) is 26.3. The number of aryl methyl sites for hydroxylation is 1. The molecule has 1 aliphatic heterocycles. The molecule has 0 aliphatic carbocycles. The number of benzene rings is 1. The molecule has 3 heterocycles. The molecule has 0 bridgehead atoms. The number of fused-ring (bicyclic) bond motifs is 3. The smallest absolute Gasteiger partial charge is 0.229 e. The van der Waals surface area contributed by atoms with E-state index in [1.54, 1.807) is 24.5 Å². The van der Waals surface area contributed by atoms with Gasteiger partial charge in [-0.2, -0.15) is 0 Å². The molecule has 2 aromatic heterocycles. The molecule has 120 valence electrons. The van der Waals surface area contributed by atoms with Crippen LogP contribution in [0.15, 0.2) is 30.6 Å². The van der Waals surface area contributed by atoms with Crippen LogP contribution in [0, 0.1) is 6.92 Å². The molecule has 1 aliphatic rings. The number of nitrogens with zero attached hydrogens (tertiary/aromatic N) is 3. The van der Waals surface area contributed by atoms with E-state index < -0.39 is 0 Å². The Morgan fingerprint density at radius 3 is 2.96 bits per heavy atom. The molecule has 1 amide bonds. The maximum atomic E-state index is 12.1. The summed E-state index contributed by atoms with van der Waals surface area (Å²) in [6.45, 7) is 1.98. The monoisotopic (exact) mass is 357 g/mol. The largest absolute Gasteiger partial charge is 0.325 e. The van der Waals surface area contributed by atoms with Gasteiger partial charge in [0, 0.05) is 33.4 Å². The second-order valence-electron chi connectivity index (χ2n) is 5.38. The summed E-state index contributed by atoms with van der Waals surface area (Å²) in [5.74, 6) is 0.329. The summed E-state index contributed by atoms with van der Waals surface area (Å²) in [7, 11) is 0. The molecule has 0 saturated carbocycles. The standard InChI is InChI=1S/C16H12ClN5OS/c1-8-6-19-16(24-8)22-15-18-7-9-4-13(23)20-12-5-10(17)2-3-11(12)14(9)21-15/h2-3,5-7H,4H2,1H3,(H,20,23)(H,18,19,21,22). The lowest BCUT2D eigenvalue weighted by atomic mass is 10.1. The van der Waals surface area contributed by atoms with Crippen molar-refractivity contribution in [3.8, 4) is 11.3 Å². The molecular formula is C16H12ClN5OS. The minimum Gasteiger partial charge on any atom is -0.325 e. The van der Waals surface area contributed by atoms with Crippen LogP contribution in [-0.2, 0) is 11.2 Å². The van der Waals surface area contributed by atoms with Gasteiger partial charge in [0.05, 0.1) is 17.8 Å². The number of aromatic nitrogens is 3. The van der Waals surface area contributed by atoms with Crippen LogP contribution in [0.25, 0.3) is 11.3 Å². The molecule has 0 fully saturated rings. The SMILES string of the molecule is Cc1cnc(Nc2ncc3c(n2)-c2ccc(Cl)cc2NC(=O)C3)s1. The van der Waals surface area contributed by atoms with Crippen molar-refractivity contribution in [3.05, 3.63) is 46.1 Å². The van der Waals surface area contributed by atoms with Gasteiger partial charge in [-0.1, -0.05) is 11.6 Å². The zero-order valence-corrected chi connectivity index (χ0v) is 14.2. The molecule has 0 saturated heterocycles. The van der Waals surface area contributed by atoms with Crippen molar-refractivity contribution in [2.45, 2.75) is 13.3 Å². The van der Waals surface area contributed by atoms with Gasteiger partial charge in [0.15, 0.2) is 5.13 Å². The Hall–Kier alpha value is -2.51. The maximum absolute atomic E-state index is 12.1. The molecule has 24 heavy (non-hydrogen) atoms. The van der Waals surface area contributed by atoms with E-state index in [0.717, 1.165) is 21.1 Å². The second kappa shape index (κ2) is 5.85. The number of carbonyl (C=O) groups is 1. The Morgan fingerprint density at radius 1 is 1.29 bits per heavy atom. The number of anilines is 3. The number of carbonyl (C=O) groups excluding carboxylic acids is 1. The molecule has 4 rings (SSSR count). The van der Waals surface area contributed by atoms with E-state index in [1.807, 2.05) is 13.0 Å². The maximum Gasteiger partial charge on any atom is 0.229 e. The predicted molar refractivity (Wildman–Crippen MR) is 94.9 cm³/mol. The Labute approximate surface area is 146 Å². The zero-order valence-electron chi connectivity index (χ0n) is 12.6. The van der Waals surface area contributed by atoms with Crippen molar-refractivity contribution in [1.82, 2.24) is 15.0 Å². The van der Waals surface area contributed by atoms with E-state index in [-0.39, 0.29) is 12.3 Å². The first-order chi connectivity index (χ1) is 11.6. The summed E-state index contributed by atoms with van der Waals surface area (Å²) in [5.41, 5.74) is 2.96. The minimum atomic E-state index is -0.114. The molecule has 0 unspecified atom stereocenters. The van der Waals surface area contributed by atoms with E-state index in [1.165, 1.54) is 11.3 Å². The molecule has 6 nitrogen and oxygen atoms in total. The lowest BCUT2D eigenvalue weighted by Gasteiger charge is -2.09. The number of halogens is 1. The number of nitrogens with one attached hydrogen (secondary N) is 2. The molecule has 8 heteroatoms. The molecule has 0 spiro atoms. The third kappa shape index (κ3) is 2.83.